The van der Waals surface area contributed by atoms with Gasteiger partial charge in [0.2, 0.25) is 11.8 Å². The molecule has 38 heavy (non-hydrogen) atoms. The Hall–Kier alpha value is -4.75. The van der Waals surface area contributed by atoms with E-state index < -0.39 is 5.82 Å². The number of nitrogens with one attached hydrogen (secondary N) is 1. The van der Waals surface area contributed by atoms with Gasteiger partial charge in [0.05, 0.1) is 24.7 Å². The molecule has 0 saturated carbocycles. The molecule has 2 amide bonds. The lowest BCUT2D eigenvalue weighted by Gasteiger charge is -2.37. The van der Waals surface area contributed by atoms with Gasteiger partial charge in [-0.3, -0.25) is 4.40 Å². The first-order chi connectivity index (χ1) is 18.2. The van der Waals surface area contributed by atoms with Crippen LogP contribution < -0.4 is 20.7 Å². The lowest BCUT2D eigenvalue weighted by Crippen LogP contribution is -2.51. The number of carbonyl (C=O) groups is 1. The van der Waals surface area contributed by atoms with Gasteiger partial charge in [-0.15, -0.1) is 0 Å². The highest BCUT2D eigenvalue weighted by molar-refractivity contribution is 5.78. The van der Waals surface area contributed by atoms with Gasteiger partial charge in [0.1, 0.15) is 17.2 Å². The smallest absolute Gasteiger partial charge is 0.319 e. The first-order valence-electron chi connectivity index (χ1n) is 11.9. The minimum absolute atomic E-state index is 0.0000306. The van der Waals surface area contributed by atoms with Crippen LogP contribution in [0.15, 0.2) is 30.6 Å². The number of hydrogen-bond acceptors (Lipinski definition) is 10. The van der Waals surface area contributed by atoms with Crippen LogP contribution in [0.3, 0.4) is 0 Å². The predicted octanol–water partition coefficient (Wildman–Crippen LogP) is 2.17. The number of carbonyl (C=O) groups excluding carboxylic acids is 1. The summed E-state index contributed by atoms with van der Waals surface area (Å²) < 4.78 is 21.1. The normalized spacial score (nSPS) is 13.6. The monoisotopic (exact) mass is 521 g/mol. The summed E-state index contributed by atoms with van der Waals surface area (Å²) in [6, 6.07) is 5.12. The van der Waals surface area contributed by atoms with E-state index >= 15 is 0 Å². The third-order valence-electron chi connectivity index (χ3n) is 6.14. The molecule has 0 aromatic carbocycles. The van der Waals surface area contributed by atoms with Crippen molar-refractivity contribution < 1.29 is 13.9 Å². The molecule has 3 N–H and O–H groups in total. The van der Waals surface area contributed by atoms with Gasteiger partial charge < -0.3 is 30.5 Å². The molecule has 0 spiro atoms. The molecule has 0 atom stereocenters. The highest BCUT2D eigenvalue weighted by Gasteiger charge is 2.24. The number of halogens is 1. The molecule has 0 bridgehead atoms. The van der Waals surface area contributed by atoms with E-state index in [4.69, 9.17) is 15.5 Å². The van der Waals surface area contributed by atoms with Gasteiger partial charge in [0.15, 0.2) is 17.5 Å². The molecule has 0 radical (unpaired) electrons. The number of piperazine rings is 1. The second-order valence-corrected chi connectivity index (χ2v) is 8.98. The second kappa shape index (κ2) is 9.95. The van der Waals surface area contributed by atoms with E-state index in [-0.39, 0.29) is 17.9 Å². The summed E-state index contributed by atoms with van der Waals surface area (Å²) >= 11 is 0. The number of pyridine rings is 2. The van der Waals surface area contributed by atoms with Crippen molar-refractivity contribution in [1.29, 1.82) is 0 Å². The number of aromatic nitrogens is 6. The number of imidazole rings is 1. The zero-order chi connectivity index (χ0) is 27.0. The van der Waals surface area contributed by atoms with Crippen molar-refractivity contribution in [3.63, 3.8) is 0 Å². The average molecular weight is 522 g/mol. The molecule has 14 heteroatoms. The summed E-state index contributed by atoms with van der Waals surface area (Å²) in [5.74, 6) is 0.498. The molecule has 1 fully saturated rings. The van der Waals surface area contributed by atoms with E-state index in [1.807, 2.05) is 27.6 Å². The average Bonchev–Trinajstić information content (AvgIpc) is 3.24. The van der Waals surface area contributed by atoms with Crippen LogP contribution in [0, 0.1) is 12.7 Å². The largest absolute Gasteiger partial charge is 0.479 e. The molecule has 13 nitrogen and oxygen atoms in total. The van der Waals surface area contributed by atoms with E-state index in [2.05, 4.69) is 30.2 Å². The number of anilines is 4. The van der Waals surface area contributed by atoms with Crippen LogP contribution in [-0.4, -0.2) is 92.5 Å². The summed E-state index contributed by atoms with van der Waals surface area (Å²) in [6.07, 6.45) is 3.39. The molecule has 4 aromatic rings. The molecule has 0 aliphatic carbocycles. The van der Waals surface area contributed by atoms with Crippen LogP contribution in [0.5, 0.6) is 5.88 Å². The lowest BCUT2D eigenvalue weighted by atomic mass is 10.2. The Kier molecular flexibility index (Phi) is 6.53. The maximum absolute atomic E-state index is 14.3. The summed E-state index contributed by atoms with van der Waals surface area (Å²) in [7, 11) is 4.85. The van der Waals surface area contributed by atoms with Crippen LogP contribution in [0.25, 0.3) is 17.2 Å². The van der Waals surface area contributed by atoms with Gasteiger partial charge >= 0.3 is 6.03 Å². The SMILES string of the molecule is COc1ncc(Nc2nc3ccc(N4CCN(C(=O)N(C)C)CC4)cn3c2-c2nc(C)nc(N)n2)cc1F. The molecule has 5 rings (SSSR count). The first kappa shape index (κ1) is 24.9. The Balaban J connectivity index is 1.54. The third kappa shape index (κ3) is 4.79. The molecular formula is C24H28FN11O2. The Bertz CT molecular complexity index is 1480. The first-order valence-corrected chi connectivity index (χ1v) is 11.9. The van der Waals surface area contributed by atoms with Gasteiger partial charge in [-0.25, -0.2) is 24.1 Å². The van der Waals surface area contributed by atoms with Crippen LogP contribution >= 0.6 is 0 Å². The molecule has 198 valence electrons. The van der Waals surface area contributed by atoms with E-state index in [0.29, 0.717) is 60.7 Å². The number of amides is 2. The standard InChI is InChI=1S/C24H28FN11O2/c1-14-28-20(32-23(26)29-14)19-21(30-15-11-17(25)22(38-4)27-12-15)31-18-6-5-16(13-36(18)19)34-7-9-35(10-8-34)24(37)33(2)3/h5-6,11-13,30H,7-10H2,1-4H3,(H2,26,28,29,32). The van der Waals surface area contributed by atoms with Crippen molar-refractivity contribution in [2.24, 2.45) is 0 Å². The van der Waals surface area contributed by atoms with Gasteiger partial charge in [-0.05, 0) is 19.1 Å². The van der Waals surface area contributed by atoms with Gasteiger partial charge in [0, 0.05) is 52.5 Å². The van der Waals surface area contributed by atoms with E-state index in [1.165, 1.54) is 19.4 Å². The minimum Gasteiger partial charge on any atom is -0.479 e. The number of nitrogen functional groups attached to an aromatic ring is 1. The maximum atomic E-state index is 14.3. The molecule has 4 aromatic heterocycles. The van der Waals surface area contributed by atoms with Crippen LogP contribution in [0.1, 0.15) is 5.82 Å². The fourth-order valence-electron chi connectivity index (χ4n) is 4.35. The fraction of sp³-hybridized carbons (Fsp3) is 0.333. The number of aryl methyl sites for hydroxylation is 1. The summed E-state index contributed by atoms with van der Waals surface area (Å²) in [6.45, 7) is 4.29. The number of nitrogens with two attached hydrogens (primary N) is 1. The molecule has 1 aliphatic rings. The number of hydrogen-bond donors (Lipinski definition) is 2. The number of urea groups is 1. The van der Waals surface area contributed by atoms with Crippen molar-refractivity contribution in [2.75, 3.05) is 63.3 Å². The number of rotatable bonds is 5. The molecule has 1 saturated heterocycles. The molecule has 1 aliphatic heterocycles. The van der Waals surface area contributed by atoms with E-state index in [0.717, 1.165) is 5.69 Å². The van der Waals surface area contributed by atoms with Crippen LogP contribution in [0.4, 0.5) is 32.3 Å². The number of fused-ring (bicyclic) bond motifs is 1. The van der Waals surface area contributed by atoms with Gasteiger partial charge in [0.25, 0.3) is 0 Å². The van der Waals surface area contributed by atoms with Gasteiger partial charge in [-0.1, -0.05) is 0 Å². The van der Waals surface area contributed by atoms with Crippen molar-refractivity contribution in [3.05, 3.63) is 42.2 Å². The highest BCUT2D eigenvalue weighted by atomic mass is 19.1. The topological polar surface area (TPSA) is 143 Å². The van der Waals surface area contributed by atoms with Gasteiger partial charge in [-0.2, -0.15) is 9.97 Å². The highest BCUT2D eigenvalue weighted by Crippen LogP contribution is 2.32. The quantitative estimate of drug-likeness (QED) is 0.401. The van der Waals surface area contributed by atoms with Crippen LogP contribution in [0.2, 0.25) is 0 Å². The Morgan fingerprint density at radius 3 is 2.55 bits per heavy atom. The van der Waals surface area contributed by atoms with E-state index in [1.54, 1.807) is 25.9 Å². The molecule has 5 heterocycles. The van der Waals surface area contributed by atoms with Crippen molar-refractivity contribution in [1.82, 2.24) is 39.1 Å². The summed E-state index contributed by atoms with van der Waals surface area (Å²) in [4.78, 5) is 39.6. The zero-order valence-electron chi connectivity index (χ0n) is 21.5. The maximum Gasteiger partial charge on any atom is 0.319 e. The number of nitrogens with zero attached hydrogens (tertiary/aromatic N) is 9. The van der Waals surface area contributed by atoms with Crippen LogP contribution in [-0.2, 0) is 0 Å². The Morgan fingerprint density at radius 2 is 1.89 bits per heavy atom. The van der Waals surface area contributed by atoms with Crippen molar-refractivity contribution in [2.45, 2.75) is 6.92 Å². The van der Waals surface area contributed by atoms with E-state index in [9.17, 15) is 9.18 Å². The third-order valence-corrected chi connectivity index (χ3v) is 6.14. The number of methoxy groups -OCH3 is 1. The summed E-state index contributed by atoms with van der Waals surface area (Å²) in [5.41, 5.74) is 8.39. The van der Waals surface area contributed by atoms with Crippen molar-refractivity contribution >= 4 is 34.8 Å². The van der Waals surface area contributed by atoms with Crippen molar-refractivity contribution in [3.8, 4) is 17.4 Å². The second-order valence-electron chi connectivity index (χ2n) is 8.98. The predicted molar refractivity (Wildman–Crippen MR) is 140 cm³/mol. The Morgan fingerprint density at radius 1 is 1.13 bits per heavy atom. The molecular weight excluding hydrogens is 493 g/mol. The summed E-state index contributed by atoms with van der Waals surface area (Å²) in [5, 5.41) is 3.13. The number of ether oxygens (including phenoxy) is 1. The lowest BCUT2D eigenvalue weighted by molar-refractivity contribution is 0.168. The fourth-order valence-corrected chi connectivity index (χ4v) is 4.35. The Labute approximate surface area is 218 Å². The minimum atomic E-state index is -0.614. The zero-order valence-corrected chi connectivity index (χ0v) is 21.5. The molecule has 0 unspecified atom stereocenters.